The van der Waals surface area contributed by atoms with Crippen molar-refractivity contribution in [1.29, 1.82) is 0 Å². The third-order valence-electron chi connectivity index (χ3n) is 25.4. The Bertz CT molecular complexity index is 6150. The molecule has 2 aliphatic carbocycles. The lowest BCUT2D eigenvalue weighted by Crippen LogP contribution is -2.56. The van der Waals surface area contributed by atoms with Gasteiger partial charge in [-0.2, -0.15) is 13.2 Å². The maximum absolute atomic E-state index is 12.6. The summed E-state index contributed by atoms with van der Waals surface area (Å²) >= 11 is 0. The zero-order valence-electron chi connectivity index (χ0n) is 83.9. The van der Waals surface area contributed by atoms with Crippen LogP contribution in [-0.4, -0.2) is 65.9 Å². The summed E-state index contributed by atoms with van der Waals surface area (Å²) in [6.45, 7) is 26.8. The summed E-state index contributed by atoms with van der Waals surface area (Å²) in [4.78, 5) is 60.8. The molecule has 2 aliphatic rings. The highest BCUT2D eigenvalue weighted by Gasteiger charge is 2.63. The molecule has 744 valence electrons. The molecule has 19 heteroatoms. The quantitative estimate of drug-likeness (QED) is 0.0236. The number of esters is 1. The number of Topliss-reactive ketones (excluding diaryl/α,β-unsaturated/α-hetero) is 1. The van der Waals surface area contributed by atoms with Gasteiger partial charge in [-0.3, -0.25) is 4.79 Å². The van der Waals surface area contributed by atoms with Crippen molar-refractivity contribution in [1.82, 2.24) is 0 Å². The van der Waals surface area contributed by atoms with Crippen LogP contribution in [0.3, 0.4) is 0 Å². The van der Waals surface area contributed by atoms with E-state index < -0.39 is 45.6 Å². The van der Waals surface area contributed by atoms with E-state index in [1.807, 2.05) is 66.7 Å². The van der Waals surface area contributed by atoms with E-state index in [-0.39, 0.29) is 90.8 Å². The van der Waals surface area contributed by atoms with Gasteiger partial charge in [0.1, 0.15) is 5.78 Å². The monoisotopic (exact) mass is 2020 g/mol. The largest absolute Gasteiger partial charge is 0.748 e. The van der Waals surface area contributed by atoms with Crippen LogP contribution >= 0.6 is 0 Å². The number of carboxylic acids is 2. The predicted octanol–water partition coefficient (Wildman–Crippen LogP) is 28.4. The Hall–Kier alpha value is -12.8. The molecule has 18 rings (SSSR count). The van der Waals surface area contributed by atoms with E-state index in [4.69, 9.17) is 9.84 Å². The summed E-state index contributed by atoms with van der Waals surface area (Å²) in [6.07, 6.45) is -0.333. The van der Waals surface area contributed by atoms with Crippen molar-refractivity contribution in [3.05, 3.63) is 459 Å². The Labute approximate surface area is 860 Å². The molecule has 1 N–H and O–H groups in total. The minimum atomic E-state index is -5.19. The molecule has 2 bridgehead atoms. The van der Waals surface area contributed by atoms with Crippen molar-refractivity contribution in [2.45, 2.75) is 215 Å². The molecule has 0 aliphatic heterocycles. The molecule has 0 saturated heterocycles. The lowest BCUT2D eigenvalue weighted by atomic mass is 9.67. The third-order valence-corrected chi connectivity index (χ3v) is 35.1. The molecular formula is C125H128F3O11S5+. The Morgan fingerprint density at radius 2 is 0.632 bits per heavy atom. The van der Waals surface area contributed by atoms with E-state index in [0.29, 0.717) is 29.1 Å². The second-order valence-electron chi connectivity index (χ2n) is 38.7. The van der Waals surface area contributed by atoms with Crippen LogP contribution < -0.4 is 10.2 Å². The number of aromatic carboxylic acids is 1. The first kappa shape index (κ1) is 112. The number of carbonyl (C=O) groups is 4. The fraction of sp³-hybridized carbons (Fsp3) is 0.232. The maximum atomic E-state index is 12.6. The summed E-state index contributed by atoms with van der Waals surface area (Å²) in [7, 11) is -4.35. The molecule has 0 radical (unpaired) electrons. The van der Waals surface area contributed by atoms with E-state index in [1.165, 1.54) is 76.3 Å². The van der Waals surface area contributed by atoms with E-state index >= 15 is 0 Å². The van der Waals surface area contributed by atoms with Gasteiger partial charge < -0.3 is 34.2 Å². The Balaban J connectivity index is 0.000000160. The zero-order chi connectivity index (χ0) is 104. The summed E-state index contributed by atoms with van der Waals surface area (Å²) in [5.74, 6) is -3.34. The molecule has 3 unspecified atom stereocenters. The molecule has 16 aromatic rings. The molecular weight excluding hydrogens is 1890 g/mol. The minimum absolute atomic E-state index is 0.0146. The number of ketones is 1. The van der Waals surface area contributed by atoms with Crippen LogP contribution in [0.4, 0.5) is 13.2 Å². The maximum Gasteiger partial charge on any atom is 0.422 e. The highest BCUT2D eigenvalue weighted by molar-refractivity contribution is 7.98. The van der Waals surface area contributed by atoms with Crippen LogP contribution in [0.5, 0.6) is 0 Å². The van der Waals surface area contributed by atoms with Gasteiger partial charge in [0.25, 0.3) is 0 Å². The van der Waals surface area contributed by atoms with E-state index in [2.05, 4.69) is 435 Å². The first-order valence-corrected chi connectivity index (χ1v) is 54.6. The van der Waals surface area contributed by atoms with E-state index in [1.54, 1.807) is 12.1 Å². The van der Waals surface area contributed by atoms with Gasteiger partial charge in [0, 0.05) is 17.6 Å². The van der Waals surface area contributed by atoms with Gasteiger partial charge in [-0.1, -0.05) is 362 Å². The second-order valence-corrected chi connectivity index (χ2v) is 48.3. The predicted molar refractivity (Wildman–Crippen MR) is 579 cm³/mol. The number of hydrogen-bond donors (Lipinski definition) is 1. The highest BCUT2D eigenvalue weighted by atomic mass is 32.2. The van der Waals surface area contributed by atoms with Crippen LogP contribution in [-0.2, 0) is 84.3 Å². The van der Waals surface area contributed by atoms with Crippen LogP contribution in [0.25, 0.3) is 21.5 Å². The number of aliphatic hydroxyl groups is 1. The smallest absolute Gasteiger partial charge is 0.422 e. The number of carboxylic acid groups (broad SMARTS) is 2. The van der Waals surface area contributed by atoms with Gasteiger partial charge >= 0.3 is 12.1 Å². The van der Waals surface area contributed by atoms with Crippen molar-refractivity contribution in [3.8, 4) is 0 Å². The number of rotatable bonds is 21. The summed E-state index contributed by atoms with van der Waals surface area (Å²) < 4.78 is 71.3. The van der Waals surface area contributed by atoms with Gasteiger partial charge in [-0.15, -0.1) is 0 Å². The van der Waals surface area contributed by atoms with Crippen LogP contribution in [0, 0.1) is 16.7 Å². The van der Waals surface area contributed by atoms with E-state index in [9.17, 15) is 55.5 Å². The first-order valence-electron chi connectivity index (χ1n) is 48.2. The fourth-order valence-electron chi connectivity index (χ4n) is 17.1. The topological polar surface area (TPSA) is 201 Å². The third kappa shape index (κ3) is 30.6. The van der Waals surface area contributed by atoms with Gasteiger partial charge in [0.15, 0.2) is 64.3 Å². The van der Waals surface area contributed by atoms with Gasteiger partial charge in [-0.25, -0.2) is 13.2 Å². The molecule has 11 nitrogen and oxygen atoms in total. The number of benzene rings is 16. The average Bonchev–Trinajstić information content (AvgIpc) is 1.58. The summed E-state index contributed by atoms with van der Waals surface area (Å²) in [6, 6.07) is 150. The highest BCUT2D eigenvalue weighted by Crippen LogP contribution is 2.65. The SMILES string of the molecule is CC(C)(C)c1ccc(C(=O)[O-])cc1.CC(C)(C)c1ccc([S+](c2ccccc2)c2ccc(C(C)(C)C)cc2)cc1.CC(O)(C(=O)[O-])C(F)(F)F.CCC12CCC(CC1=O)C2(C)C.O=C(OCCCCS(=O)(=O)[O-])c1c2ccccc2cc2ccccc12.c1ccc([S+](c2ccccc2)c2ccccc2)cc1.c1ccc([S+](c2ccccc2)c2ccccc2)cc1.c1ccc([S+](c2ccccc2)c2ccccc2)cc1. The number of unbranched alkanes of at least 4 members (excludes halogenated alkanes) is 1. The number of aliphatic carboxylic acids is 1. The van der Waals surface area contributed by atoms with Gasteiger partial charge in [0.05, 0.1) is 77.8 Å². The summed E-state index contributed by atoms with van der Waals surface area (Å²) in [5.41, 5.74) is 1.64. The Morgan fingerprint density at radius 3 is 0.833 bits per heavy atom. The second kappa shape index (κ2) is 51.6. The van der Waals surface area contributed by atoms with Crippen molar-refractivity contribution in [3.63, 3.8) is 0 Å². The molecule has 2 fully saturated rings. The molecule has 0 heterocycles. The molecule has 144 heavy (non-hydrogen) atoms. The summed E-state index contributed by atoms with van der Waals surface area (Å²) in [5, 5.41) is 31.7. The molecule has 16 aromatic carbocycles. The Kier molecular flexibility index (Phi) is 40.0. The van der Waals surface area contributed by atoms with Gasteiger partial charge in [0.2, 0.25) is 0 Å². The van der Waals surface area contributed by atoms with Crippen molar-refractivity contribution in [2.75, 3.05) is 12.4 Å². The van der Waals surface area contributed by atoms with E-state index in [0.717, 1.165) is 46.4 Å². The number of carbonyl (C=O) groups excluding carboxylic acids is 4. The lowest BCUT2D eigenvalue weighted by molar-refractivity contribution is -0.351. The number of ether oxygens (including phenoxy) is 1. The standard InChI is InChI=1S/C26H31S.C19H18O5S.3C18H15S.C11H14O2.C11H18O.C4H5F3O3/c1-25(2,3)20-12-16-23(17-13-20)27(22-10-8-7-9-11-22)24-18-14-21(15-19-24)26(4,5)6;20-19(24-11-5-6-12-25(21,22)23)18-16-9-3-1-7-14(16)13-15-8-2-4-10-17(15)18;3*1-4-10-16(11-5-1)19(17-12-6-2-7-13-17)18-14-8-3-9-15-18;1-11(2,3)9-6-4-8(5-7-9)10(12)13;1-4-11-6-5-8(7-9(11)12)10(11,2)3;1-3(10,2(8)9)4(5,6)7/h7-19H,1-6H3;1-4,7-10,13H,5-6,11-12H2,(H,21,22,23);3*1-15H;4-7H,1-3H3,(H,12,13);8H,4-7H2,1-3H3;10H,1H3,(H,8,9)/q+1;;3*+1;;;/p-3. The first-order chi connectivity index (χ1) is 68.6. The fourth-order valence-corrected chi connectivity index (χ4v) is 26.0. The molecule has 0 spiro atoms. The van der Waals surface area contributed by atoms with Crippen LogP contribution in [0.1, 0.15) is 166 Å². The average molecular weight is 2020 g/mol. The number of hydrogen-bond acceptors (Lipinski definition) is 11. The molecule has 3 atom stereocenters. The molecule has 0 aromatic heterocycles. The van der Waals surface area contributed by atoms with Crippen molar-refractivity contribution < 1.29 is 65.4 Å². The number of alkyl halides is 3. The van der Waals surface area contributed by atoms with Crippen LogP contribution in [0.2, 0.25) is 0 Å². The zero-order valence-corrected chi connectivity index (χ0v) is 88.0. The molecule has 0 amide bonds. The van der Waals surface area contributed by atoms with Crippen molar-refractivity contribution >= 4 is 98.9 Å². The lowest BCUT2D eigenvalue weighted by Gasteiger charge is -2.35. The number of fused-ring (bicyclic) bond motifs is 4. The normalized spacial score (nSPS) is 14.5. The van der Waals surface area contributed by atoms with Crippen LogP contribution in [0.15, 0.2) is 489 Å². The van der Waals surface area contributed by atoms with Crippen molar-refractivity contribution in [2.24, 2.45) is 16.7 Å². The minimum Gasteiger partial charge on any atom is -0.748 e. The molecule has 2 saturated carbocycles. The van der Waals surface area contributed by atoms with Gasteiger partial charge in [-0.05, 0) is 262 Å². The number of halogens is 3. The Morgan fingerprint density at radius 1 is 0.382 bits per heavy atom.